The lowest BCUT2D eigenvalue weighted by molar-refractivity contribution is 0.605. The maximum Gasteiger partial charge on any atom is 0.0346 e. The number of anilines is 1. The molecule has 2 N–H and O–H groups in total. The Morgan fingerprint density at radius 3 is 2.44 bits per heavy atom. The van der Waals surface area contributed by atoms with E-state index < -0.39 is 10.8 Å². The summed E-state index contributed by atoms with van der Waals surface area (Å²) in [5.41, 5.74) is 7.75. The van der Waals surface area contributed by atoms with E-state index in [1.54, 1.807) is 0 Å². The van der Waals surface area contributed by atoms with Crippen molar-refractivity contribution in [1.29, 1.82) is 0 Å². The molecule has 1 rings (SSSR count). The van der Waals surface area contributed by atoms with Crippen molar-refractivity contribution in [2.45, 2.75) is 32.4 Å². The van der Waals surface area contributed by atoms with Gasteiger partial charge in [-0.3, -0.25) is 4.21 Å². The Morgan fingerprint density at radius 1 is 1.25 bits per heavy atom. The monoisotopic (exact) mass is 239 g/mol. The molecular formula is C13H21NOS. The molecule has 0 aromatic heterocycles. The molecule has 0 saturated carbocycles. The van der Waals surface area contributed by atoms with Gasteiger partial charge in [-0.05, 0) is 24.0 Å². The number of hydrogen-bond acceptors (Lipinski definition) is 2. The van der Waals surface area contributed by atoms with E-state index >= 15 is 0 Å². The largest absolute Gasteiger partial charge is 0.399 e. The minimum atomic E-state index is -0.759. The van der Waals surface area contributed by atoms with Crippen LogP contribution in [0.3, 0.4) is 0 Å². The van der Waals surface area contributed by atoms with Crippen molar-refractivity contribution >= 4 is 16.5 Å². The Kier molecular flexibility index (Phi) is 5.00. The number of aryl methyl sites for hydroxylation is 1. The SMILES string of the molecule is CC(C)C(C)S(=O)CCc1ccccc1N. The van der Waals surface area contributed by atoms with E-state index in [0.717, 1.165) is 17.7 Å². The molecule has 0 aliphatic carbocycles. The Morgan fingerprint density at radius 2 is 1.88 bits per heavy atom. The summed E-state index contributed by atoms with van der Waals surface area (Å²) in [5, 5.41) is 0.255. The smallest absolute Gasteiger partial charge is 0.0346 e. The van der Waals surface area contributed by atoms with Gasteiger partial charge in [0.25, 0.3) is 0 Å². The van der Waals surface area contributed by atoms with Crippen molar-refractivity contribution in [3.63, 3.8) is 0 Å². The standard InChI is InChI=1S/C13H21NOS/c1-10(2)11(3)16(15)9-8-12-6-4-5-7-13(12)14/h4-7,10-11H,8-9,14H2,1-3H3. The zero-order chi connectivity index (χ0) is 12.1. The number of nitrogens with two attached hydrogens (primary N) is 1. The first-order valence-corrected chi connectivity index (χ1v) is 7.11. The van der Waals surface area contributed by atoms with Crippen molar-refractivity contribution in [3.05, 3.63) is 29.8 Å². The molecule has 1 aromatic carbocycles. The van der Waals surface area contributed by atoms with Gasteiger partial charge in [-0.25, -0.2) is 0 Å². The number of nitrogen functional groups attached to an aromatic ring is 1. The fourth-order valence-electron chi connectivity index (χ4n) is 1.46. The van der Waals surface area contributed by atoms with Gasteiger partial charge in [0.15, 0.2) is 0 Å². The first kappa shape index (κ1) is 13.2. The molecule has 0 bridgehead atoms. The normalized spacial score (nSPS) is 15.0. The molecule has 3 heteroatoms. The minimum absolute atomic E-state index is 0.255. The van der Waals surface area contributed by atoms with Crippen molar-refractivity contribution in [2.75, 3.05) is 11.5 Å². The van der Waals surface area contributed by atoms with Crippen LogP contribution < -0.4 is 5.73 Å². The summed E-state index contributed by atoms with van der Waals surface area (Å²) in [4.78, 5) is 0. The van der Waals surface area contributed by atoms with E-state index in [-0.39, 0.29) is 5.25 Å². The quantitative estimate of drug-likeness (QED) is 0.803. The molecule has 2 unspecified atom stereocenters. The van der Waals surface area contributed by atoms with E-state index in [1.807, 2.05) is 24.3 Å². The van der Waals surface area contributed by atoms with Gasteiger partial charge in [-0.2, -0.15) is 0 Å². The zero-order valence-corrected chi connectivity index (χ0v) is 11.1. The second-order valence-corrected chi connectivity index (χ2v) is 6.40. The summed E-state index contributed by atoms with van der Waals surface area (Å²) in [5.74, 6) is 1.17. The second-order valence-electron chi connectivity index (χ2n) is 4.48. The molecular weight excluding hydrogens is 218 g/mol. The molecule has 2 nitrogen and oxygen atoms in total. The molecule has 0 aliphatic heterocycles. The summed E-state index contributed by atoms with van der Waals surface area (Å²) < 4.78 is 11.9. The third-order valence-electron chi connectivity index (χ3n) is 2.98. The molecule has 0 radical (unpaired) electrons. The molecule has 0 saturated heterocycles. The first-order valence-electron chi connectivity index (χ1n) is 5.73. The highest BCUT2D eigenvalue weighted by molar-refractivity contribution is 7.85. The first-order chi connectivity index (χ1) is 7.52. The molecule has 16 heavy (non-hydrogen) atoms. The lowest BCUT2D eigenvalue weighted by Crippen LogP contribution is -2.21. The Hall–Kier alpha value is -0.830. The van der Waals surface area contributed by atoms with Crippen LogP contribution in [0.5, 0.6) is 0 Å². The highest BCUT2D eigenvalue weighted by atomic mass is 32.2. The van der Waals surface area contributed by atoms with E-state index in [4.69, 9.17) is 5.73 Å². The molecule has 0 heterocycles. The number of hydrogen-bond donors (Lipinski definition) is 1. The lowest BCUT2D eigenvalue weighted by atomic mass is 10.1. The van der Waals surface area contributed by atoms with E-state index in [2.05, 4.69) is 20.8 Å². The number of para-hydroxylation sites is 1. The molecule has 0 aliphatic rings. The van der Waals surface area contributed by atoms with Crippen LogP contribution in [0.2, 0.25) is 0 Å². The van der Waals surface area contributed by atoms with Crippen LogP contribution in [0.15, 0.2) is 24.3 Å². The topological polar surface area (TPSA) is 43.1 Å². The second kappa shape index (κ2) is 6.04. The Bertz CT molecular complexity index is 363. The summed E-state index contributed by atoms with van der Waals surface area (Å²) in [6.07, 6.45) is 0.802. The predicted molar refractivity (Wildman–Crippen MR) is 71.9 cm³/mol. The van der Waals surface area contributed by atoms with Gasteiger partial charge >= 0.3 is 0 Å². The maximum atomic E-state index is 11.9. The van der Waals surface area contributed by atoms with Gasteiger partial charge in [-0.15, -0.1) is 0 Å². The number of rotatable bonds is 5. The molecule has 90 valence electrons. The van der Waals surface area contributed by atoms with Crippen LogP contribution in [-0.4, -0.2) is 15.2 Å². The van der Waals surface area contributed by atoms with E-state index in [1.165, 1.54) is 0 Å². The van der Waals surface area contributed by atoms with Crippen LogP contribution in [-0.2, 0) is 17.2 Å². The fourth-order valence-corrected chi connectivity index (χ4v) is 2.86. The van der Waals surface area contributed by atoms with Crippen molar-refractivity contribution < 1.29 is 4.21 Å². The summed E-state index contributed by atoms with van der Waals surface area (Å²) >= 11 is 0. The average Bonchev–Trinajstić information content (AvgIpc) is 2.26. The molecule has 0 spiro atoms. The van der Waals surface area contributed by atoms with Crippen LogP contribution in [0.4, 0.5) is 5.69 Å². The van der Waals surface area contributed by atoms with E-state index in [0.29, 0.717) is 11.7 Å². The van der Waals surface area contributed by atoms with Crippen molar-refractivity contribution in [3.8, 4) is 0 Å². The highest BCUT2D eigenvalue weighted by Crippen LogP contribution is 2.14. The van der Waals surface area contributed by atoms with Gasteiger partial charge in [0.2, 0.25) is 0 Å². The van der Waals surface area contributed by atoms with Crippen LogP contribution >= 0.6 is 0 Å². The predicted octanol–water partition coefficient (Wildman–Crippen LogP) is 2.60. The third kappa shape index (κ3) is 3.63. The fraction of sp³-hybridized carbons (Fsp3) is 0.538. The Labute approximate surface area is 101 Å². The van der Waals surface area contributed by atoms with Gasteiger partial charge in [0.05, 0.1) is 0 Å². The Balaban J connectivity index is 2.52. The van der Waals surface area contributed by atoms with Crippen molar-refractivity contribution in [2.24, 2.45) is 5.92 Å². The molecule has 2 atom stereocenters. The number of benzene rings is 1. The van der Waals surface area contributed by atoms with E-state index in [9.17, 15) is 4.21 Å². The molecule has 0 fully saturated rings. The zero-order valence-electron chi connectivity index (χ0n) is 10.3. The maximum absolute atomic E-state index is 11.9. The van der Waals surface area contributed by atoms with Gasteiger partial charge in [0.1, 0.15) is 0 Å². The van der Waals surface area contributed by atoms with Gasteiger partial charge in [0, 0.05) is 27.5 Å². The average molecular weight is 239 g/mol. The minimum Gasteiger partial charge on any atom is -0.399 e. The van der Waals surface area contributed by atoms with Gasteiger partial charge in [-0.1, -0.05) is 39.0 Å². The third-order valence-corrected chi connectivity index (χ3v) is 4.96. The van der Waals surface area contributed by atoms with Crippen LogP contribution in [0.1, 0.15) is 26.3 Å². The summed E-state index contributed by atoms with van der Waals surface area (Å²) in [7, 11) is -0.759. The van der Waals surface area contributed by atoms with Crippen LogP contribution in [0.25, 0.3) is 0 Å². The lowest BCUT2D eigenvalue weighted by Gasteiger charge is -2.15. The summed E-state index contributed by atoms with van der Waals surface area (Å²) in [6.45, 7) is 6.27. The summed E-state index contributed by atoms with van der Waals surface area (Å²) in [6, 6.07) is 7.80. The van der Waals surface area contributed by atoms with Crippen molar-refractivity contribution in [1.82, 2.24) is 0 Å². The van der Waals surface area contributed by atoms with Gasteiger partial charge < -0.3 is 5.73 Å². The molecule has 0 amide bonds. The molecule has 1 aromatic rings. The highest BCUT2D eigenvalue weighted by Gasteiger charge is 2.14. The van der Waals surface area contributed by atoms with Crippen LogP contribution in [0, 0.1) is 5.92 Å².